The number of amides is 5. The van der Waals surface area contributed by atoms with Crippen molar-refractivity contribution >= 4 is 121 Å². The smallest absolute Gasteiger partial charge is 0.363 e. The predicted molar refractivity (Wildman–Crippen MR) is 552 cm³/mol. The summed E-state index contributed by atoms with van der Waals surface area (Å²) >= 11 is 0. The van der Waals surface area contributed by atoms with E-state index in [-0.39, 0.29) is 157 Å². The predicted octanol–water partition coefficient (Wildman–Crippen LogP) is 13.7. The minimum atomic E-state index is -1.40. The molecule has 19 rings (SSSR count). The number of phenols is 2. The van der Waals surface area contributed by atoms with Crippen molar-refractivity contribution in [1.29, 1.82) is 0 Å². The Morgan fingerprint density at radius 2 is 0.833 bits per heavy atom. The molecule has 10 aromatic carbocycles. The van der Waals surface area contributed by atoms with Crippen LogP contribution >= 0.6 is 0 Å². The zero-order valence-electron chi connectivity index (χ0n) is 81.3. The maximum atomic E-state index is 13.6. The average Bonchev–Trinajstić information content (AvgIpc) is 0.774. The fourth-order valence-corrected chi connectivity index (χ4v) is 18.0. The van der Waals surface area contributed by atoms with E-state index in [0.717, 1.165) is 40.0 Å². The quantitative estimate of drug-likeness (QED) is 0.0144. The number of anilines is 2. The third-order valence-corrected chi connectivity index (χ3v) is 25.8. The fourth-order valence-electron chi connectivity index (χ4n) is 18.0. The minimum absolute atomic E-state index is 0.00515. The molecular formula is C114H93N9O27+2. The second-order valence-corrected chi connectivity index (χ2v) is 36.2. The zero-order valence-corrected chi connectivity index (χ0v) is 81.3. The molecule has 0 spiro atoms. The topological polar surface area (TPSA) is 538 Å². The second-order valence-electron chi connectivity index (χ2n) is 36.2. The summed E-state index contributed by atoms with van der Waals surface area (Å²) in [6, 6.07) is 60.3. The molecule has 36 nitrogen and oxygen atoms in total. The van der Waals surface area contributed by atoms with Gasteiger partial charge in [0.05, 0.1) is 76.8 Å². The van der Waals surface area contributed by atoms with Crippen LogP contribution in [0, 0.1) is 0 Å². The number of carboxylic acid groups (broad SMARTS) is 6. The van der Waals surface area contributed by atoms with Gasteiger partial charge in [-0.25, -0.2) is 38.1 Å². The van der Waals surface area contributed by atoms with Crippen molar-refractivity contribution in [3.8, 4) is 84.6 Å². The van der Waals surface area contributed by atoms with Crippen LogP contribution in [0.2, 0.25) is 0 Å². The Morgan fingerprint density at radius 1 is 0.427 bits per heavy atom. The summed E-state index contributed by atoms with van der Waals surface area (Å²) in [4.78, 5) is 184. The van der Waals surface area contributed by atoms with Gasteiger partial charge in [0.1, 0.15) is 77.2 Å². The zero-order chi connectivity index (χ0) is 107. The Balaban J connectivity index is 0.000000167. The van der Waals surface area contributed by atoms with E-state index in [4.69, 9.17) is 28.6 Å². The third-order valence-electron chi connectivity index (χ3n) is 25.8. The Hall–Kier alpha value is -19.7. The number of rotatable bonds is 25. The van der Waals surface area contributed by atoms with E-state index in [1.165, 1.54) is 108 Å². The van der Waals surface area contributed by atoms with E-state index in [0.29, 0.717) is 111 Å². The fraction of sp³-hybridized carbons (Fsp3) is 0.132. The van der Waals surface area contributed by atoms with E-state index in [1.54, 1.807) is 66.7 Å². The molecule has 150 heavy (non-hydrogen) atoms. The molecule has 0 bridgehead atoms. The van der Waals surface area contributed by atoms with Gasteiger partial charge in [-0.15, -0.1) is 5.06 Å². The Morgan fingerprint density at radius 3 is 1.32 bits per heavy atom. The van der Waals surface area contributed by atoms with Gasteiger partial charge in [0.15, 0.2) is 10.9 Å². The van der Waals surface area contributed by atoms with Crippen molar-refractivity contribution in [3.05, 3.63) is 381 Å². The lowest BCUT2D eigenvalue weighted by Gasteiger charge is -2.30. The number of carbonyl (C=O) groups is 12. The van der Waals surface area contributed by atoms with Gasteiger partial charge in [-0.1, -0.05) is 48.5 Å². The molecule has 10 aromatic rings. The summed E-state index contributed by atoms with van der Waals surface area (Å²) in [6.45, 7) is -0.201. The van der Waals surface area contributed by atoms with Gasteiger partial charge < -0.3 is 100 Å². The van der Waals surface area contributed by atoms with Crippen LogP contribution in [0.5, 0.6) is 17.2 Å². The number of hydroxylamine groups is 2. The summed E-state index contributed by atoms with van der Waals surface area (Å²) in [7, 11) is 15.6. The summed E-state index contributed by atoms with van der Waals surface area (Å²) in [5.74, 6) is -9.56. The van der Waals surface area contributed by atoms with Crippen molar-refractivity contribution < 1.29 is 126 Å². The number of aromatic carboxylic acids is 6. The average molecular weight is 2020 g/mol. The van der Waals surface area contributed by atoms with Gasteiger partial charge in [0.25, 0.3) is 29.5 Å². The van der Waals surface area contributed by atoms with E-state index in [1.807, 2.05) is 138 Å². The van der Waals surface area contributed by atoms with Gasteiger partial charge >= 0.3 is 41.8 Å². The molecule has 9 aliphatic rings. The van der Waals surface area contributed by atoms with Crippen LogP contribution in [-0.2, 0) is 40.6 Å². The number of nitrogens with two attached hydrogens (primary N) is 1. The minimum Gasteiger partial charge on any atom is -0.507 e. The van der Waals surface area contributed by atoms with Crippen molar-refractivity contribution in [2.24, 2.45) is 5.73 Å². The van der Waals surface area contributed by atoms with Crippen molar-refractivity contribution in [1.82, 2.24) is 25.6 Å². The molecule has 4 aliphatic carbocycles. The molecule has 5 aliphatic heterocycles. The molecular weight excluding hydrogens is 1930 g/mol. The van der Waals surface area contributed by atoms with Gasteiger partial charge in [0, 0.05) is 191 Å². The number of phenolic OH excluding ortho intramolecular Hbond substituents is 2. The lowest BCUT2D eigenvalue weighted by atomic mass is 9.84. The van der Waals surface area contributed by atoms with Crippen LogP contribution in [0.25, 0.3) is 106 Å². The summed E-state index contributed by atoms with van der Waals surface area (Å²) in [5, 5.41) is 92.1. The SMILES string of the molecule is CN(C)c1ccc2c(-c3ccc(C(=O)NCc4ccc(C(=O)NCc5c(O)ccc6c(-c7ccc(C(=O)O)cc7C(=O)O)c7ccc(=O)cc-7oc56)cc4)cc3C(=O)O)c3ccc(=[N+](C)C)cc-3oc2c1.CN(C)c1ccc2c(c1)OC1=CC([NH+](C)C)C=CC1=C2c1ccc(C(=O)NCc2ccc(C(=O)ON3C(=O)CCC3=O)cc2)cc1C(=O)O.NCc1c(O)ccc2c(-c3ccc(C(=O)O)cc3C(=O)O)c3ccc(=O)cc-3oc12. The molecule has 1 fully saturated rings. The molecule has 0 aromatic heterocycles. The first kappa shape index (κ1) is 102. The Bertz CT molecular complexity index is 8600. The molecule has 1 atom stereocenters. The molecule has 14 N–H and O–H groups in total. The maximum Gasteiger partial charge on any atom is 0.363 e. The number of carbonyl (C=O) groups excluding carboxylic acids is 6. The number of allylic oxidation sites excluding steroid dienone is 1. The van der Waals surface area contributed by atoms with Crippen LogP contribution in [0.1, 0.15) is 150 Å². The van der Waals surface area contributed by atoms with Crippen LogP contribution < -0.4 is 61.9 Å². The first-order valence-corrected chi connectivity index (χ1v) is 46.5. The van der Waals surface area contributed by atoms with Gasteiger partial charge in [-0.05, 0) is 197 Å². The molecule has 5 amide bonds. The Kier molecular flexibility index (Phi) is 28.4. The number of carboxylic acids is 6. The molecule has 754 valence electrons. The number of fused-ring (bicyclic) bond motifs is 8. The number of nitrogens with zero attached hydrogens (tertiary/aromatic N) is 4. The number of nitrogens with one attached hydrogen (secondary N) is 4. The van der Waals surface area contributed by atoms with Gasteiger partial charge in [0.2, 0.25) is 5.36 Å². The van der Waals surface area contributed by atoms with E-state index in [9.17, 15) is 108 Å². The summed E-state index contributed by atoms with van der Waals surface area (Å²) in [5.41, 5.74) is 15.2. The highest BCUT2D eigenvalue weighted by atomic mass is 16.7. The first-order chi connectivity index (χ1) is 71.7. The summed E-state index contributed by atoms with van der Waals surface area (Å²) < 4.78 is 26.8. The van der Waals surface area contributed by atoms with Crippen molar-refractivity contribution in [2.45, 2.75) is 45.1 Å². The van der Waals surface area contributed by atoms with Crippen molar-refractivity contribution in [3.63, 3.8) is 0 Å². The highest BCUT2D eigenvalue weighted by Gasteiger charge is 2.37. The highest BCUT2D eigenvalue weighted by Crippen LogP contribution is 2.50. The Labute approximate surface area is 850 Å². The van der Waals surface area contributed by atoms with Gasteiger partial charge in [-0.3, -0.25) is 33.6 Å². The maximum absolute atomic E-state index is 13.6. The molecule has 1 unspecified atom stereocenters. The monoisotopic (exact) mass is 2020 g/mol. The first-order valence-electron chi connectivity index (χ1n) is 46.5. The molecule has 5 heterocycles. The lowest BCUT2D eigenvalue weighted by molar-refractivity contribution is -0.871. The van der Waals surface area contributed by atoms with Gasteiger partial charge in [-0.2, -0.15) is 0 Å². The molecule has 0 radical (unpaired) electrons. The number of hydrogen-bond donors (Lipinski definition) is 13. The van der Waals surface area contributed by atoms with E-state index >= 15 is 0 Å². The highest BCUT2D eigenvalue weighted by molar-refractivity contribution is 6.14. The van der Waals surface area contributed by atoms with E-state index in [2.05, 4.69) is 22.0 Å². The standard InChI is InChI=1S/C55H42N4O12.C37H34N4O8.C22H15NO7/c1-58(2)32-11-16-37-45(23-32)70-46-24-33(59(3)4)12-17-38(46)48(37)35-14-9-30(21-41(35)54(66)67)52(63)56-26-28-5-7-29(8-6-28)51(62)57-27-43-44(61)20-19-40-49(39-18-13-34(60)25-47(39)71-50(40)43)36-15-10-31(53(64)65)22-42(36)55(68)69;1-39(2)24-10-13-27-30(18-24)48-31-19-25(40(3)4)11-14-28(31)34(27)26-12-9-23(17-29(26)36(45)46)35(44)38-20-21-5-7-22(8-6-21)37(47)49-41-32(42)15-16-33(41)43;23-9-16-17(25)6-5-14-19(13-4-2-11(24)8-18(13)30-20(14)16)12-3-1-10(21(26)27)7-15(12)22(28)29/h5-25H,26-27H2,1-4H3,(H5-,56,57,60,61,62,63,64,65,66,67,68,69);5-14,17-19,24H,15-16,20H2,1-4H3,(H,38,44)(H,45,46);1-8,25H,9,23H2,(H,26,27)(H,28,29)/p+2. The second kappa shape index (κ2) is 41.9. The number of ether oxygens (including phenoxy) is 1. The number of benzene rings is 13. The number of quaternary nitrogens is 1. The third kappa shape index (κ3) is 20.5. The number of imide groups is 1. The largest absolute Gasteiger partial charge is 0.507 e. The van der Waals surface area contributed by atoms with Crippen molar-refractivity contribution in [2.75, 3.05) is 66.2 Å². The molecule has 36 heteroatoms. The van der Waals surface area contributed by atoms with Crippen LogP contribution in [0.15, 0.2) is 289 Å². The number of aromatic hydroxyl groups is 2. The lowest BCUT2D eigenvalue weighted by Crippen LogP contribution is -3.09. The molecule has 1 saturated heterocycles. The normalized spacial score (nSPS) is 12.9. The number of hydrogen-bond acceptors (Lipinski definition) is 24. The number of likely N-dealkylation sites (N-methyl/N-ethyl adjacent to an activating group) is 1. The summed E-state index contributed by atoms with van der Waals surface area (Å²) in [6.07, 6.45) is 6.05. The van der Waals surface area contributed by atoms with Crippen LogP contribution in [0.3, 0.4) is 0 Å². The van der Waals surface area contributed by atoms with E-state index < -0.39 is 76.7 Å². The van der Waals surface area contributed by atoms with Crippen LogP contribution in [0.4, 0.5) is 11.4 Å². The molecule has 0 saturated carbocycles. The van der Waals surface area contributed by atoms with Crippen LogP contribution in [-0.4, -0.2) is 180 Å².